The highest BCUT2D eigenvalue weighted by Crippen LogP contribution is 2.51. The molecule has 0 aliphatic heterocycles. The molecule has 1 aliphatic rings. The van der Waals surface area contributed by atoms with Crippen molar-refractivity contribution in [3.8, 4) is 0 Å². The first kappa shape index (κ1) is 11.6. The van der Waals surface area contributed by atoms with Gasteiger partial charge in [0.05, 0.1) is 0 Å². The Kier molecular flexibility index (Phi) is 3.06. The van der Waals surface area contributed by atoms with Gasteiger partial charge < -0.3 is 5.32 Å². The van der Waals surface area contributed by atoms with Crippen molar-refractivity contribution in [2.75, 3.05) is 11.9 Å². The second kappa shape index (κ2) is 4.21. The Morgan fingerprint density at radius 2 is 2.19 bits per heavy atom. The number of nitrogens with one attached hydrogen (secondary N) is 1. The van der Waals surface area contributed by atoms with Gasteiger partial charge in [0.25, 0.3) is 0 Å². The summed E-state index contributed by atoms with van der Waals surface area (Å²) < 4.78 is 0. The first-order chi connectivity index (χ1) is 7.53. The van der Waals surface area contributed by atoms with Crippen molar-refractivity contribution in [3.05, 3.63) is 17.0 Å². The van der Waals surface area contributed by atoms with Crippen LogP contribution in [0.3, 0.4) is 0 Å². The first-order valence-electron chi connectivity index (χ1n) is 5.76. The summed E-state index contributed by atoms with van der Waals surface area (Å²) in [5.41, 5.74) is 1.52. The summed E-state index contributed by atoms with van der Waals surface area (Å²) in [5.74, 6) is 1.59. The van der Waals surface area contributed by atoms with E-state index >= 15 is 0 Å². The number of anilines is 1. The molecule has 0 unspecified atom stereocenters. The Labute approximate surface area is 102 Å². The highest BCUT2D eigenvalue weighted by atomic mass is 35.5. The van der Waals surface area contributed by atoms with Gasteiger partial charge >= 0.3 is 0 Å². The van der Waals surface area contributed by atoms with Gasteiger partial charge in [-0.3, -0.25) is 0 Å². The Morgan fingerprint density at radius 1 is 1.50 bits per heavy atom. The number of hydrogen-bond donors (Lipinski definition) is 1. The molecule has 0 atom stereocenters. The second-order valence-corrected chi connectivity index (χ2v) is 5.38. The van der Waals surface area contributed by atoms with Crippen molar-refractivity contribution < 1.29 is 0 Å². The van der Waals surface area contributed by atoms with Gasteiger partial charge in [-0.1, -0.05) is 13.8 Å². The molecule has 1 aromatic rings. The zero-order valence-corrected chi connectivity index (χ0v) is 10.8. The normalized spacial score (nSPS) is 17.6. The molecule has 0 spiro atoms. The Balaban J connectivity index is 2.02. The van der Waals surface area contributed by atoms with Crippen LogP contribution in [0, 0.1) is 18.3 Å². The zero-order chi connectivity index (χ0) is 11.8. The van der Waals surface area contributed by atoms with Gasteiger partial charge in [0.2, 0.25) is 5.28 Å². The van der Waals surface area contributed by atoms with Gasteiger partial charge in [-0.25, -0.2) is 9.97 Å². The quantitative estimate of drug-likeness (QED) is 0.820. The third-order valence-electron chi connectivity index (χ3n) is 3.67. The average molecular weight is 240 g/mol. The van der Waals surface area contributed by atoms with E-state index in [4.69, 9.17) is 11.6 Å². The van der Waals surface area contributed by atoms with Crippen molar-refractivity contribution >= 4 is 17.4 Å². The van der Waals surface area contributed by atoms with Crippen LogP contribution < -0.4 is 5.32 Å². The van der Waals surface area contributed by atoms with Crippen LogP contribution in [0.2, 0.25) is 5.28 Å². The van der Waals surface area contributed by atoms with E-state index in [1.165, 1.54) is 12.8 Å². The Bertz CT molecular complexity index is 386. The molecule has 3 nitrogen and oxygen atoms in total. The number of rotatable bonds is 4. The molecule has 4 heteroatoms. The molecular formula is C12H18ClN3. The third-order valence-corrected chi connectivity index (χ3v) is 3.85. The van der Waals surface area contributed by atoms with E-state index in [0.29, 0.717) is 10.7 Å². The minimum atomic E-state index is 0.308. The summed E-state index contributed by atoms with van der Waals surface area (Å²) >= 11 is 5.78. The lowest BCUT2D eigenvalue weighted by Gasteiger charge is -2.20. The lowest BCUT2D eigenvalue weighted by Crippen LogP contribution is -2.21. The Morgan fingerprint density at radius 3 is 2.75 bits per heavy atom. The Hall–Kier alpha value is -0.830. The second-order valence-electron chi connectivity index (χ2n) is 5.04. The van der Waals surface area contributed by atoms with E-state index in [-0.39, 0.29) is 0 Å². The van der Waals surface area contributed by atoms with Gasteiger partial charge in [-0.2, -0.15) is 0 Å². The van der Waals surface area contributed by atoms with Crippen molar-refractivity contribution in [1.82, 2.24) is 9.97 Å². The average Bonchev–Trinajstić information content (AvgIpc) is 3.00. The van der Waals surface area contributed by atoms with Crippen molar-refractivity contribution in [1.29, 1.82) is 0 Å². The molecule has 1 heterocycles. The zero-order valence-electron chi connectivity index (χ0n) is 10.0. The number of aryl methyl sites for hydroxylation is 1. The number of hydrogen-bond acceptors (Lipinski definition) is 3. The number of halogens is 1. The van der Waals surface area contributed by atoms with Crippen LogP contribution in [-0.4, -0.2) is 16.5 Å². The van der Waals surface area contributed by atoms with Crippen molar-refractivity contribution in [2.45, 2.75) is 33.6 Å². The van der Waals surface area contributed by atoms with E-state index in [1.807, 2.05) is 6.92 Å². The van der Waals surface area contributed by atoms with Crippen LogP contribution >= 0.6 is 11.6 Å². The highest BCUT2D eigenvalue weighted by molar-refractivity contribution is 6.28. The van der Waals surface area contributed by atoms with Crippen LogP contribution in [0.25, 0.3) is 0 Å². The van der Waals surface area contributed by atoms with Crippen LogP contribution in [0.1, 0.15) is 32.3 Å². The fourth-order valence-electron chi connectivity index (χ4n) is 1.98. The molecule has 1 fully saturated rings. The van der Waals surface area contributed by atoms with Crippen LogP contribution in [-0.2, 0) is 0 Å². The lowest BCUT2D eigenvalue weighted by atomic mass is 9.92. The summed E-state index contributed by atoms with van der Waals surface area (Å²) in [5, 5.41) is 3.71. The molecule has 1 aromatic heterocycles. The van der Waals surface area contributed by atoms with Crippen LogP contribution in [0.15, 0.2) is 6.20 Å². The van der Waals surface area contributed by atoms with Crippen molar-refractivity contribution in [3.63, 3.8) is 0 Å². The largest absolute Gasteiger partial charge is 0.369 e. The van der Waals surface area contributed by atoms with Crippen LogP contribution in [0.5, 0.6) is 0 Å². The van der Waals surface area contributed by atoms with E-state index < -0.39 is 0 Å². The fourth-order valence-corrected chi connectivity index (χ4v) is 2.11. The van der Waals surface area contributed by atoms with E-state index in [9.17, 15) is 0 Å². The maximum Gasteiger partial charge on any atom is 0.224 e. The fraction of sp³-hybridized carbons (Fsp3) is 0.667. The first-order valence-corrected chi connectivity index (χ1v) is 6.14. The molecule has 16 heavy (non-hydrogen) atoms. The summed E-state index contributed by atoms with van der Waals surface area (Å²) in [6.45, 7) is 7.55. The van der Waals surface area contributed by atoms with Gasteiger partial charge in [-0.05, 0) is 42.7 Å². The minimum absolute atomic E-state index is 0.308. The lowest BCUT2D eigenvalue weighted by molar-refractivity contribution is 0.380. The topological polar surface area (TPSA) is 37.8 Å². The SMILES string of the molecule is Cc1cnc(Cl)nc1NCC1(C(C)C)CC1. The molecule has 1 saturated carbocycles. The maximum atomic E-state index is 5.78. The molecular weight excluding hydrogens is 222 g/mol. The highest BCUT2D eigenvalue weighted by Gasteiger charge is 2.45. The molecule has 1 N–H and O–H groups in total. The van der Waals surface area contributed by atoms with Gasteiger partial charge in [0.15, 0.2) is 0 Å². The number of nitrogens with zero attached hydrogens (tertiary/aromatic N) is 2. The molecule has 0 radical (unpaired) electrons. The smallest absolute Gasteiger partial charge is 0.224 e. The van der Waals surface area contributed by atoms with E-state index in [0.717, 1.165) is 23.8 Å². The molecule has 0 saturated heterocycles. The van der Waals surface area contributed by atoms with E-state index in [1.54, 1.807) is 6.20 Å². The van der Waals surface area contributed by atoms with Gasteiger partial charge in [0.1, 0.15) is 5.82 Å². The molecule has 0 bridgehead atoms. The van der Waals surface area contributed by atoms with Gasteiger partial charge in [-0.15, -0.1) is 0 Å². The number of aromatic nitrogens is 2. The van der Waals surface area contributed by atoms with Crippen LogP contribution in [0.4, 0.5) is 5.82 Å². The maximum absolute atomic E-state index is 5.78. The summed E-state index contributed by atoms with van der Waals surface area (Å²) in [7, 11) is 0. The van der Waals surface area contributed by atoms with Gasteiger partial charge in [0, 0.05) is 18.3 Å². The molecule has 0 aromatic carbocycles. The monoisotopic (exact) mass is 239 g/mol. The predicted octanol–water partition coefficient (Wildman–Crippen LogP) is 3.29. The third kappa shape index (κ3) is 2.29. The molecule has 88 valence electrons. The summed E-state index contributed by atoms with van der Waals surface area (Å²) in [4.78, 5) is 8.15. The molecule has 2 rings (SSSR count). The standard InChI is InChI=1S/C12H18ClN3/c1-8(2)12(4-5-12)7-15-10-9(3)6-14-11(13)16-10/h6,8H,4-5,7H2,1-3H3,(H,14,15,16). The predicted molar refractivity (Wildman–Crippen MR) is 66.8 cm³/mol. The van der Waals surface area contributed by atoms with Crippen molar-refractivity contribution in [2.24, 2.45) is 11.3 Å². The summed E-state index contributed by atoms with van der Waals surface area (Å²) in [6.07, 6.45) is 4.39. The molecule has 0 amide bonds. The minimum Gasteiger partial charge on any atom is -0.369 e. The van der Waals surface area contributed by atoms with E-state index in [2.05, 4.69) is 29.1 Å². The molecule has 1 aliphatic carbocycles. The summed E-state index contributed by atoms with van der Waals surface area (Å²) in [6, 6.07) is 0.